The topological polar surface area (TPSA) is 45.7 Å². The summed E-state index contributed by atoms with van der Waals surface area (Å²) in [5, 5.41) is 6.39. The van der Waals surface area contributed by atoms with Crippen molar-refractivity contribution in [1.29, 1.82) is 0 Å². The normalized spacial score (nSPS) is 11.6. The van der Waals surface area contributed by atoms with Crippen molar-refractivity contribution in [2.45, 2.75) is 33.8 Å². The van der Waals surface area contributed by atoms with E-state index in [4.69, 9.17) is 4.74 Å². The third-order valence-corrected chi connectivity index (χ3v) is 2.55. The fourth-order valence-electron chi connectivity index (χ4n) is 1.62. The van der Waals surface area contributed by atoms with Gasteiger partial charge in [-0.3, -0.25) is 0 Å². The Labute approximate surface area is 116 Å². The molecular formula is C15H25N3O. The highest BCUT2D eigenvalue weighted by molar-refractivity contribution is 5.79. The van der Waals surface area contributed by atoms with E-state index in [-0.39, 0.29) is 6.10 Å². The van der Waals surface area contributed by atoms with Crippen LogP contribution in [0.15, 0.2) is 29.3 Å². The monoisotopic (exact) mass is 263 g/mol. The standard InChI is InChI=1S/C15H25N3O/c1-5-16-15(17-6-2)18-11-13(4)19-14-9-7-12(3)8-10-14/h7-10,13H,5-6,11H2,1-4H3,(H2,16,17,18). The zero-order valence-electron chi connectivity index (χ0n) is 12.4. The Hall–Kier alpha value is -1.71. The van der Waals surface area contributed by atoms with Crippen LogP contribution in [0.4, 0.5) is 0 Å². The molecule has 2 N–H and O–H groups in total. The van der Waals surface area contributed by atoms with Gasteiger partial charge in [-0.05, 0) is 39.8 Å². The third kappa shape index (κ3) is 6.13. The summed E-state index contributed by atoms with van der Waals surface area (Å²) in [5.41, 5.74) is 1.24. The fraction of sp³-hybridized carbons (Fsp3) is 0.533. The molecule has 1 atom stereocenters. The number of hydrogen-bond donors (Lipinski definition) is 2. The molecule has 0 aromatic heterocycles. The van der Waals surface area contributed by atoms with Crippen LogP contribution >= 0.6 is 0 Å². The van der Waals surface area contributed by atoms with Gasteiger partial charge in [-0.2, -0.15) is 0 Å². The van der Waals surface area contributed by atoms with E-state index in [2.05, 4.69) is 36.4 Å². The molecule has 4 nitrogen and oxygen atoms in total. The van der Waals surface area contributed by atoms with Crippen LogP contribution in [0, 0.1) is 6.92 Å². The van der Waals surface area contributed by atoms with Gasteiger partial charge in [0.1, 0.15) is 11.9 Å². The van der Waals surface area contributed by atoms with Gasteiger partial charge in [0.05, 0.1) is 6.54 Å². The lowest BCUT2D eigenvalue weighted by Crippen LogP contribution is -2.37. The summed E-state index contributed by atoms with van der Waals surface area (Å²) >= 11 is 0. The van der Waals surface area contributed by atoms with Crippen LogP contribution in [0.1, 0.15) is 26.3 Å². The first-order chi connectivity index (χ1) is 9.15. The molecule has 19 heavy (non-hydrogen) atoms. The van der Waals surface area contributed by atoms with E-state index in [1.807, 2.05) is 31.2 Å². The first kappa shape index (κ1) is 15.3. The summed E-state index contributed by atoms with van der Waals surface area (Å²) in [6, 6.07) is 8.08. The van der Waals surface area contributed by atoms with Crippen molar-refractivity contribution in [3.8, 4) is 5.75 Å². The lowest BCUT2D eigenvalue weighted by molar-refractivity contribution is 0.230. The van der Waals surface area contributed by atoms with Gasteiger partial charge in [0, 0.05) is 13.1 Å². The smallest absolute Gasteiger partial charge is 0.191 e. The van der Waals surface area contributed by atoms with Crippen LogP contribution < -0.4 is 15.4 Å². The first-order valence-electron chi connectivity index (χ1n) is 6.91. The largest absolute Gasteiger partial charge is 0.489 e. The predicted octanol–water partition coefficient (Wildman–Crippen LogP) is 2.34. The maximum Gasteiger partial charge on any atom is 0.191 e. The molecular weight excluding hydrogens is 238 g/mol. The molecule has 0 amide bonds. The van der Waals surface area contributed by atoms with E-state index in [1.165, 1.54) is 5.56 Å². The van der Waals surface area contributed by atoms with Crippen molar-refractivity contribution < 1.29 is 4.74 Å². The minimum atomic E-state index is 0.0509. The Balaban J connectivity index is 2.47. The van der Waals surface area contributed by atoms with Gasteiger partial charge in [0.25, 0.3) is 0 Å². The molecule has 4 heteroatoms. The van der Waals surface area contributed by atoms with Crippen LogP contribution in [-0.4, -0.2) is 31.7 Å². The number of hydrogen-bond acceptors (Lipinski definition) is 2. The van der Waals surface area contributed by atoms with Gasteiger partial charge in [-0.15, -0.1) is 0 Å². The number of benzene rings is 1. The van der Waals surface area contributed by atoms with Crippen molar-refractivity contribution in [2.24, 2.45) is 4.99 Å². The quantitative estimate of drug-likeness (QED) is 0.611. The molecule has 0 aliphatic carbocycles. The Morgan fingerprint density at radius 1 is 1.16 bits per heavy atom. The summed E-state index contributed by atoms with van der Waals surface area (Å²) in [6.45, 7) is 10.6. The van der Waals surface area contributed by atoms with E-state index in [0.29, 0.717) is 6.54 Å². The number of ether oxygens (including phenoxy) is 1. The molecule has 0 spiro atoms. The molecule has 1 aromatic rings. The number of nitrogens with one attached hydrogen (secondary N) is 2. The molecule has 0 aliphatic heterocycles. The summed E-state index contributed by atoms with van der Waals surface area (Å²) < 4.78 is 5.81. The highest BCUT2D eigenvalue weighted by Crippen LogP contribution is 2.13. The maximum atomic E-state index is 5.81. The zero-order chi connectivity index (χ0) is 14.1. The van der Waals surface area contributed by atoms with Gasteiger partial charge < -0.3 is 15.4 Å². The highest BCUT2D eigenvalue weighted by atomic mass is 16.5. The predicted molar refractivity (Wildman–Crippen MR) is 80.9 cm³/mol. The molecule has 0 fully saturated rings. The number of nitrogens with zero attached hydrogens (tertiary/aromatic N) is 1. The molecule has 0 saturated carbocycles. The Morgan fingerprint density at radius 2 is 1.74 bits per heavy atom. The van der Waals surface area contributed by atoms with E-state index < -0.39 is 0 Å². The second-order valence-corrected chi connectivity index (χ2v) is 4.49. The molecule has 1 aromatic carbocycles. The van der Waals surface area contributed by atoms with Crippen LogP contribution in [-0.2, 0) is 0 Å². The number of rotatable bonds is 6. The van der Waals surface area contributed by atoms with E-state index >= 15 is 0 Å². The number of aryl methyl sites for hydroxylation is 1. The van der Waals surface area contributed by atoms with Crippen molar-refractivity contribution in [3.05, 3.63) is 29.8 Å². The summed E-state index contributed by atoms with van der Waals surface area (Å²) in [4.78, 5) is 4.49. The lowest BCUT2D eigenvalue weighted by atomic mass is 10.2. The Bertz CT molecular complexity index is 379. The Morgan fingerprint density at radius 3 is 2.26 bits per heavy atom. The maximum absolute atomic E-state index is 5.81. The molecule has 1 unspecified atom stereocenters. The summed E-state index contributed by atoms with van der Waals surface area (Å²) in [5.74, 6) is 1.73. The highest BCUT2D eigenvalue weighted by Gasteiger charge is 2.04. The number of guanidine groups is 1. The molecule has 0 radical (unpaired) electrons. The SMILES string of the molecule is CCNC(=NCC(C)Oc1ccc(C)cc1)NCC. The van der Waals surface area contributed by atoms with E-state index in [1.54, 1.807) is 0 Å². The van der Waals surface area contributed by atoms with E-state index in [9.17, 15) is 0 Å². The van der Waals surface area contributed by atoms with Gasteiger partial charge in [0.2, 0.25) is 0 Å². The molecule has 0 saturated heterocycles. The summed E-state index contributed by atoms with van der Waals surface area (Å²) in [6.07, 6.45) is 0.0509. The second-order valence-electron chi connectivity index (χ2n) is 4.49. The second kappa shape index (κ2) is 8.40. The number of aliphatic imine (C=N–C) groups is 1. The molecule has 0 aliphatic rings. The van der Waals surface area contributed by atoms with Crippen molar-refractivity contribution in [3.63, 3.8) is 0 Å². The van der Waals surface area contributed by atoms with Gasteiger partial charge in [0.15, 0.2) is 5.96 Å². The Kier molecular flexibility index (Phi) is 6.79. The van der Waals surface area contributed by atoms with Crippen LogP contribution in [0.2, 0.25) is 0 Å². The van der Waals surface area contributed by atoms with Crippen LogP contribution in [0.25, 0.3) is 0 Å². The zero-order valence-corrected chi connectivity index (χ0v) is 12.4. The minimum Gasteiger partial charge on any atom is -0.489 e. The van der Waals surface area contributed by atoms with E-state index in [0.717, 1.165) is 24.8 Å². The molecule has 0 heterocycles. The average molecular weight is 263 g/mol. The molecule has 1 rings (SSSR count). The van der Waals surface area contributed by atoms with Crippen molar-refractivity contribution >= 4 is 5.96 Å². The van der Waals surface area contributed by atoms with Gasteiger partial charge >= 0.3 is 0 Å². The fourth-order valence-corrected chi connectivity index (χ4v) is 1.62. The molecule has 106 valence electrons. The van der Waals surface area contributed by atoms with Gasteiger partial charge in [-0.25, -0.2) is 4.99 Å². The summed E-state index contributed by atoms with van der Waals surface area (Å²) in [7, 11) is 0. The molecule has 0 bridgehead atoms. The van der Waals surface area contributed by atoms with Crippen molar-refractivity contribution in [2.75, 3.05) is 19.6 Å². The van der Waals surface area contributed by atoms with Crippen LogP contribution in [0.3, 0.4) is 0 Å². The van der Waals surface area contributed by atoms with Crippen LogP contribution in [0.5, 0.6) is 5.75 Å². The van der Waals surface area contributed by atoms with Crippen molar-refractivity contribution in [1.82, 2.24) is 10.6 Å². The first-order valence-corrected chi connectivity index (χ1v) is 6.91. The third-order valence-electron chi connectivity index (χ3n) is 2.55. The van der Waals surface area contributed by atoms with Gasteiger partial charge in [-0.1, -0.05) is 17.7 Å². The minimum absolute atomic E-state index is 0.0509. The average Bonchev–Trinajstić information content (AvgIpc) is 2.39. The lowest BCUT2D eigenvalue weighted by Gasteiger charge is -2.14.